The van der Waals surface area contributed by atoms with E-state index in [4.69, 9.17) is 0 Å². The van der Waals surface area contributed by atoms with Crippen molar-refractivity contribution in [3.8, 4) is 0 Å². The second kappa shape index (κ2) is 6.95. The number of H-pyrrole nitrogens is 1. The van der Waals surface area contributed by atoms with Crippen LogP contribution in [0.1, 0.15) is 22.5 Å². The van der Waals surface area contributed by atoms with E-state index in [2.05, 4.69) is 27.9 Å². The highest BCUT2D eigenvalue weighted by atomic mass is 35.5. The quantitative estimate of drug-likeness (QED) is 0.512. The summed E-state index contributed by atoms with van der Waals surface area (Å²) in [5.74, 6) is -0.0517. The topological polar surface area (TPSA) is 48.8 Å². The van der Waals surface area contributed by atoms with Gasteiger partial charge in [-0.25, -0.2) is 0 Å². The molecule has 0 atom stereocenters. The van der Waals surface area contributed by atoms with Crippen LogP contribution in [0.3, 0.4) is 0 Å². The number of anilines is 1. The van der Waals surface area contributed by atoms with Crippen molar-refractivity contribution in [3.05, 3.63) is 83.4 Å². The van der Waals surface area contributed by atoms with Crippen LogP contribution in [-0.2, 0) is 11.3 Å². The summed E-state index contributed by atoms with van der Waals surface area (Å²) in [5, 5.41) is 2.91. The Hall–Kier alpha value is -2.85. The number of halogens is 1. The van der Waals surface area contributed by atoms with Crippen LogP contribution in [0.15, 0.2) is 60.9 Å². The van der Waals surface area contributed by atoms with Crippen LogP contribution in [0.25, 0.3) is 11.6 Å². The van der Waals surface area contributed by atoms with Gasteiger partial charge < -0.3 is 22.7 Å². The maximum Gasteiger partial charge on any atom is 0.256 e. The summed E-state index contributed by atoms with van der Waals surface area (Å²) in [6.07, 6.45) is 6.01. The number of pyridine rings is 1. The summed E-state index contributed by atoms with van der Waals surface area (Å²) in [5.41, 5.74) is 5.75. The standard InChI is InChI=1S/C20H17N3O.ClH/c1-14-11-15(13-23-9-5-2-6-10-23)21-19(14)12-17-16-7-3-4-8-18(16)22-20(17)24;/h2-12H,13H2,1H3,(H-,21,22,24);1H. The fraction of sp³-hybridized carbons (Fsp3) is 0.100. The maximum atomic E-state index is 12.2. The number of carbonyl (C=O) groups is 1. The van der Waals surface area contributed by atoms with Crippen molar-refractivity contribution in [1.82, 2.24) is 4.98 Å². The van der Waals surface area contributed by atoms with E-state index < -0.39 is 0 Å². The van der Waals surface area contributed by atoms with Crippen LogP contribution in [-0.4, -0.2) is 10.9 Å². The lowest BCUT2D eigenvalue weighted by Crippen LogP contribution is -3.00. The summed E-state index contributed by atoms with van der Waals surface area (Å²) in [6, 6.07) is 15.9. The summed E-state index contributed by atoms with van der Waals surface area (Å²) >= 11 is 0. The van der Waals surface area contributed by atoms with Gasteiger partial charge in [-0.05, 0) is 30.7 Å². The largest absolute Gasteiger partial charge is 1.00 e. The number of nitrogens with one attached hydrogen (secondary N) is 2. The minimum absolute atomic E-state index is 0. The minimum Gasteiger partial charge on any atom is -1.00 e. The number of amides is 1. The van der Waals surface area contributed by atoms with Gasteiger partial charge in [-0.15, -0.1) is 0 Å². The Kier molecular flexibility index (Phi) is 4.72. The Morgan fingerprint density at radius 1 is 1.08 bits per heavy atom. The van der Waals surface area contributed by atoms with E-state index in [-0.39, 0.29) is 18.3 Å². The molecule has 3 aromatic rings. The molecule has 0 bridgehead atoms. The Bertz CT molecular complexity index is 945. The van der Waals surface area contributed by atoms with Gasteiger partial charge in [-0.1, -0.05) is 24.3 Å². The van der Waals surface area contributed by atoms with Crippen LogP contribution in [0.5, 0.6) is 0 Å². The number of aryl methyl sites for hydroxylation is 1. The molecular weight excluding hydrogens is 334 g/mol. The molecule has 3 heterocycles. The van der Waals surface area contributed by atoms with Gasteiger partial charge >= 0.3 is 0 Å². The molecule has 0 unspecified atom stereocenters. The van der Waals surface area contributed by atoms with Gasteiger partial charge in [0.1, 0.15) is 0 Å². The number of rotatable bonds is 3. The monoisotopic (exact) mass is 351 g/mol. The Labute approximate surface area is 152 Å². The highest BCUT2D eigenvalue weighted by molar-refractivity contribution is 6.34. The molecule has 1 aromatic carbocycles. The Morgan fingerprint density at radius 2 is 1.84 bits per heavy atom. The predicted molar refractivity (Wildman–Crippen MR) is 94.2 cm³/mol. The number of para-hydroxylation sites is 1. The average molecular weight is 352 g/mol. The molecule has 4 rings (SSSR count). The van der Waals surface area contributed by atoms with Gasteiger partial charge in [0.15, 0.2) is 18.9 Å². The molecular formula is C20H18ClN3O. The van der Waals surface area contributed by atoms with Crippen LogP contribution in [0.4, 0.5) is 5.69 Å². The number of benzene rings is 1. The predicted octanol–water partition coefficient (Wildman–Crippen LogP) is 0.156. The lowest BCUT2D eigenvalue weighted by Gasteiger charge is -1.98. The van der Waals surface area contributed by atoms with Crippen molar-refractivity contribution < 1.29 is 21.8 Å². The fourth-order valence-corrected chi connectivity index (χ4v) is 3.04. The van der Waals surface area contributed by atoms with Crippen molar-refractivity contribution >= 4 is 23.2 Å². The number of nitrogens with zero attached hydrogens (tertiary/aromatic N) is 1. The number of aromatic amines is 1. The minimum atomic E-state index is -0.0517. The molecule has 0 fully saturated rings. The van der Waals surface area contributed by atoms with Crippen LogP contribution in [0.2, 0.25) is 0 Å². The number of carbonyl (C=O) groups excluding carboxylic acids is 1. The highest BCUT2D eigenvalue weighted by Crippen LogP contribution is 2.32. The molecule has 0 spiro atoms. The molecule has 2 N–H and O–H groups in total. The van der Waals surface area contributed by atoms with Crippen molar-refractivity contribution in [2.24, 2.45) is 0 Å². The third-order valence-corrected chi connectivity index (χ3v) is 4.24. The Balaban J connectivity index is 0.00000182. The highest BCUT2D eigenvalue weighted by Gasteiger charge is 2.23. The van der Waals surface area contributed by atoms with Gasteiger partial charge in [-0.2, -0.15) is 4.57 Å². The first-order valence-corrected chi connectivity index (χ1v) is 7.96. The Morgan fingerprint density at radius 3 is 2.64 bits per heavy atom. The number of hydrogen-bond donors (Lipinski definition) is 2. The number of hydrogen-bond acceptors (Lipinski definition) is 1. The molecule has 4 nitrogen and oxygen atoms in total. The first-order valence-electron chi connectivity index (χ1n) is 7.96. The summed E-state index contributed by atoms with van der Waals surface area (Å²) < 4.78 is 2.11. The molecule has 2 aromatic heterocycles. The second-order valence-electron chi connectivity index (χ2n) is 6.00. The molecule has 1 aliphatic rings. The SMILES string of the molecule is Cc1cc(C[n+]2ccccc2)[nH]c1/C=C1\C(=O)Nc2ccccc21.[Cl-]. The van der Waals surface area contributed by atoms with E-state index in [1.165, 1.54) is 0 Å². The normalized spacial score (nSPS) is 14.1. The molecule has 126 valence electrons. The van der Waals surface area contributed by atoms with Gasteiger partial charge in [0.25, 0.3) is 5.91 Å². The molecule has 0 saturated heterocycles. The molecule has 1 aliphatic heterocycles. The van der Waals surface area contributed by atoms with Crippen molar-refractivity contribution in [2.75, 3.05) is 5.32 Å². The average Bonchev–Trinajstić information content (AvgIpc) is 3.09. The van der Waals surface area contributed by atoms with E-state index in [9.17, 15) is 4.79 Å². The zero-order valence-electron chi connectivity index (χ0n) is 13.8. The number of fused-ring (bicyclic) bond motifs is 1. The molecule has 1 amide bonds. The molecule has 0 saturated carbocycles. The zero-order chi connectivity index (χ0) is 16.5. The van der Waals surface area contributed by atoms with Gasteiger partial charge in [0.05, 0.1) is 11.3 Å². The molecule has 0 aliphatic carbocycles. The number of aromatic nitrogens is 2. The zero-order valence-corrected chi connectivity index (χ0v) is 14.5. The second-order valence-corrected chi connectivity index (χ2v) is 6.00. The molecule has 5 heteroatoms. The molecule has 0 radical (unpaired) electrons. The van der Waals surface area contributed by atoms with E-state index in [0.29, 0.717) is 5.57 Å². The first-order chi connectivity index (χ1) is 11.7. The van der Waals surface area contributed by atoms with Crippen molar-refractivity contribution in [2.45, 2.75) is 13.5 Å². The summed E-state index contributed by atoms with van der Waals surface area (Å²) in [4.78, 5) is 15.7. The van der Waals surface area contributed by atoms with Crippen LogP contribution in [0, 0.1) is 6.92 Å². The van der Waals surface area contributed by atoms with E-state index in [1.54, 1.807) is 0 Å². The lowest BCUT2D eigenvalue weighted by atomic mass is 10.1. The van der Waals surface area contributed by atoms with Crippen molar-refractivity contribution in [3.63, 3.8) is 0 Å². The van der Waals surface area contributed by atoms with E-state index in [0.717, 1.165) is 34.7 Å². The lowest BCUT2D eigenvalue weighted by molar-refractivity contribution is -0.688. The third kappa shape index (κ3) is 3.35. The third-order valence-electron chi connectivity index (χ3n) is 4.24. The maximum absolute atomic E-state index is 12.2. The summed E-state index contributed by atoms with van der Waals surface area (Å²) in [7, 11) is 0. The summed E-state index contributed by atoms with van der Waals surface area (Å²) in [6.45, 7) is 2.83. The van der Waals surface area contributed by atoms with E-state index >= 15 is 0 Å². The van der Waals surface area contributed by atoms with Gasteiger partial charge in [-0.3, -0.25) is 4.79 Å². The first kappa shape index (κ1) is 17.0. The van der Waals surface area contributed by atoms with Gasteiger partial charge in [0, 0.05) is 29.1 Å². The fourth-order valence-electron chi connectivity index (χ4n) is 3.04. The van der Waals surface area contributed by atoms with Gasteiger partial charge in [0.2, 0.25) is 0 Å². The molecule has 25 heavy (non-hydrogen) atoms. The van der Waals surface area contributed by atoms with E-state index in [1.807, 2.05) is 60.9 Å². The van der Waals surface area contributed by atoms with Crippen molar-refractivity contribution in [1.29, 1.82) is 0 Å². The van der Waals surface area contributed by atoms with Crippen LogP contribution < -0.4 is 22.3 Å². The smallest absolute Gasteiger partial charge is 0.256 e. The van der Waals surface area contributed by atoms with Crippen LogP contribution >= 0.6 is 0 Å².